The lowest BCUT2D eigenvalue weighted by Gasteiger charge is -2.29. The van der Waals surface area contributed by atoms with E-state index in [1.807, 2.05) is 92.7 Å². The Morgan fingerprint density at radius 2 is 1.33 bits per heavy atom. The van der Waals surface area contributed by atoms with Crippen molar-refractivity contribution in [3.05, 3.63) is 95.6 Å². The minimum atomic E-state index is -0.845. The number of rotatable bonds is 3. The van der Waals surface area contributed by atoms with Crippen LogP contribution in [0.3, 0.4) is 0 Å². The second kappa shape index (κ2) is 7.11. The average Bonchev–Trinajstić information content (AvgIpc) is 3.27. The first kappa shape index (κ1) is 18.6. The van der Waals surface area contributed by atoms with Gasteiger partial charge < -0.3 is 0 Å². The highest BCUT2D eigenvalue weighted by Gasteiger charge is 2.60. The predicted molar refractivity (Wildman–Crippen MR) is 115 cm³/mol. The molecule has 30 heavy (non-hydrogen) atoms. The van der Waals surface area contributed by atoms with Gasteiger partial charge in [-0.05, 0) is 42.7 Å². The zero-order valence-corrected chi connectivity index (χ0v) is 16.9. The number of imide groups is 1. The van der Waals surface area contributed by atoms with Gasteiger partial charge in [0.1, 0.15) is 5.92 Å². The van der Waals surface area contributed by atoms with E-state index in [1.165, 1.54) is 4.90 Å². The number of hydroxylamine groups is 1. The minimum absolute atomic E-state index is 0.213. The molecule has 0 bridgehead atoms. The van der Waals surface area contributed by atoms with E-state index in [-0.39, 0.29) is 17.9 Å². The van der Waals surface area contributed by atoms with Crippen LogP contribution in [0.4, 0.5) is 11.4 Å². The van der Waals surface area contributed by atoms with Crippen LogP contribution in [-0.4, -0.2) is 17.9 Å². The SMILES string of the molecule is Cc1cccc(C)c1N1C(=O)C2ON(c3ccccc3)C(c3ccccc3)C2C1=O. The minimum Gasteiger partial charge on any atom is -0.273 e. The summed E-state index contributed by atoms with van der Waals surface area (Å²) < 4.78 is 0. The van der Waals surface area contributed by atoms with Crippen LogP contribution in [0.5, 0.6) is 0 Å². The van der Waals surface area contributed by atoms with Crippen LogP contribution in [0.15, 0.2) is 78.9 Å². The third kappa shape index (κ3) is 2.74. The Kier molecular flexibility index (Phi) is 4.40. The van der Waals surface area contributed by atoms with Gasteiger partial charge in [0.25, 0.3) is 5.91 Å². The maximum Gasteiger partial charge on any atom is 0.266 e. The number of aryl methyl sites for hydroxylation is 2. The van der Waals surface area contributed by atoms with Crippen molar-refractivity contribution in [2.75, 3.05) is 9.96 Å². The molecule has 2 aliphatic rings. The van der Waals surface area contributed by atoms with Crippen LogP contribution in [0.25, 0.3) is 0 Å². The lowest BCUT2D eigenvalue weighted by atomic mass is 9.90. The van der Waals surface area contributed by atoms with Crippen molar-refractivity contribution in [1.29, 1.82) is 0 Å². The Labute approximate surface area is 175 Å². The van der Waals surface area contributed by atoms with Crippen molar-refractivity contribution < 1.29 is 14.4 Å². The Hall–Kier alpha value is -3.44. The molecule has 3 aromatic rings. The molecule has 3 unspecified atom stereocenters. The highest BCUT2D eigenvalue weighted by Crippen LogP contribution is 2.48. The largest absolute Gasteiger partial charge is 0.273 e. The normalized spacial score (nSPS) is 23.2. The second-order valence-corrected chi connectivity index (χ2v) is 7.82. The lowest BCUT2D eigenvalue weighted by molar-refractivity contribution is -0.126. The number of para-hydroxylation sites is 2. The summed E-state index contributed by atoms with van der Waals surface area (Å²) >= 11 is 0. The maximum absolute atomic E-state index is 13.7. The van der Waals surface area contributed by atoms with Gasteiger partial charge in [-0.15, -0.1) is 0 Å². The standard InChI is InChI=1S/C25H22N2O3/c1-16-10-9-11-17(2)21(16)26-24(28)20-22(18-12-5-3-6-13-18)27(30-23(20)25(26)29)19-14-7-4-8-15-19/h3-15,20,22-23H,1-2H3. The highest BCUT2D eigenvalue weighted by molar-refractivity contribution is 6.24. The Morgan fingerprint density at radius 1 is 0.733 bits per heavy atom. The second-order valence-electron chi connectivity index (χ2n) is 7.82. The van der Waals surface area contributed by atoms with Gasteiger partial charge in [0.05, 0.1) is 17.4 Å². The van der Waals surface area contributed by atoms with Crippen molar-refractivity contribution in [2.24, 2.45) is 5.92 Å². The molecule has 2 saturated heterocycles. The zero-order chi connectivity index (χ0) is 20.8. The lowest BCUT2D eigenvalue weighted by Crippen LogP contribution is -2.38. The molecule has 2 heterocycles. The summed E-state index contributed by atoms with van der Waals surface area (Å²) in [5.74, 6) is -1.13. The fourth-order valence-electron chi connectivity index (χ4n) is 4.58. The van der Waals surface area contributed by atoms with Crippen molar-refractivity contribution in [3.8, 4) is 0 Å². The smallest absolute Gasteiger partial charge is 0.266 e. The van der Waals surface area contributed by atoms with Gasteiger partial charge in [0, 0.05) is 0 Å². The highest BCUT2D eigenvalue weighted by atomic mass is 16.7. The van der Waals surface area contributed by atoms with E-state index in [0.717, 1.165) is 22.4 Å². The molecule has 3 atom stereocenters. The summed E-state index contributed by atoms with van der Waals surface area (Å²) in [5, 5.41) is 1.72. The molecule has 3 aromatic carbocycles. The quantitative estimate of drug-likeness (QED) is 0.616. The average molecular weight is 398 g/mol. The molecule has 0 spiro atoms. The van der Waals surface area contributed by atoms with Crippen molar-refractivity contribution in [3.63, 3.8) is 0 Å². The molecule has 5 rings (SSSR count). The number of carbonyl (C=O) groups excluding carboxylic acids is 2. The van der Waals surface area contributed by atoms with Crippen LogP contribution >= 0.6 is 0 Å². The van der Waals surface area contributed by atoms with E-state index in [0.29, 0.717) is 5.69 Å². The molecule has 0 N–H and O–H groups in total. The van der Waals surface area contributed by atoms with Gasteiger partial charge in [0.2, 0.25) is 5.91 Å². The van der Waals surface area contributed by atoms with Crippen molar-refractivity contribution >= 4 is 23.2 Å². The Bertz CT molecular complexity index is 1090. The number of hydrogen-bond acceptors (Lipinski definition) is 4. The fourth-order valence-corrected chi connectivity index (χ4v) is 4.58. The van der Waals surface area contributed by atoms with Crippen LogP contribution in [0.1, 0.15) is 22.7 Å². The maximum atomic E-state index is 13.7. The van der Waals surface area contributed by atoms with Crippen LogP contribution in [0.2, 0.25) is 0 Å². The third-order valence-corrected chi connectivity index (χ3v) is 5.93. The number of fused-ring (bicyclic) bond motifs is 1. The Balaban J connectivity index is 1.61. The molecule has 0 aromatic heterocycles. The topological polar surface area (TPSA) is 49.9 Å². The van der Waals surface area contributed by atoms with E-state index < -0.39 is 12.0 Å². The summed E-state index contributed by atoms with van der Waals surface area (Å²) in [4.78, 5) is 34.6. The first-order valence-corrected chi connectivity index (χ1v) is 10.1. The van der Waals surface area contributed by atoms with Gasteiger partial charge in [-0.1, -0.05) is 66.7 Å². The van der Waals surface area contributed by atoms with E-state index in [2.05, 4.69) is 0 Å². The van der Waals surface area contributed by atoms with Crippen molar-refractivity contribution in [1.82, 2.24) is 0 Å². The van der Waals surface area contributed by atoms with E-state index in [1.54, 1.807) is 5.06 Å². The number of hydrogen-bond donors (Lipinski definition) is 0. The summed E-state index contributed by atoms with van der Waals surface area (Å²) in [7, 11) is 0. The summed E-state index contributed by atoms with van der Waals surface area (Å²) in [6.07, 6.45) is -0.845. The molecule has 5 nitrogen and oxygen atoms in total. The van der Waals surface area contributed by atoms with Gasteiger partial charge in [-0.3, -0.25) is 14.4 Å². The molecule has 2 amide bonds. The molecule has 2 aliphatic heterocycles. The van der Waals surface area contributed by atoms with E-state index in [9.17, 15) is 9.59 Å². The first-order valence-electron chi connectivity index (χ1n) is 10.1. The van der Waals surface area contributed by atoms with Crippen LogP contribution in [-0.2, 0) is 14.4 Å². The number of anilines is 2. The molecular formula is C25H22N2O3. The Morgan fingerprint density at radius 3 is 1.97 bits per heavy atom. The predicted octanol–water partition coefficient (Wildman–Crippen LogP) is 4.35. The van der Waals surface area contributed by atoms with E-state index >= 15 is 0 Å². The van der Waals surface area contributed by atoms with Gasteiger partial charge >= 0.3 is 0 Å². The number of nitrogens with zero attached hydrogens (tertiary/aromatic N) is 2. The zero-order valence-electron chi connectivity index (χ0n) is 16.9. The molecular weight excluding hydrogens is 376 g/mol. The monoisotopic (exact) mass is 398 g/mol. The fraction of sp³-hybridized carbons (Fsp3) is 0.200. The molecule has 5 heteroatoms. The molecule has 0 aliphatic carbocycles. The van der Waals surface area contributed by atoms with Gasteiger partial charge in [0.15, 0.2) is 6.10 Å². The summed E-state index contributed by atoms with van der Waals surface area (Å²) in [6.45, 7) is 3.84. The number of amides is 2. The first-order chi connectivity index (χ1) is 14.6. The van der Waals surface area contributed by atoms with Crippen molar-refractivity contribution in [2.45, 2.75) is 26.0 Å². The number of benzene rings is 3. The summed E-state index contributed by atoms with van der Waals surface area (Å²) in [5.41, 5.74) is 4.22. The van der Waals surface area contributed by atoms with Gasteiger partial charge in [-0.2, -0.15) is 0 Å². The van der Waals surface area contributed by atoms with Crippen LogP contribution in [0, 0.1) is 19.8 Å². The molecule has 0 saturated carbocycles. The molecule has 150 valence electrons. The number of carbonyl (C=O) groups is 2. The summed E-state index contributed by atoms with van der Waals surface area (Å²) in [6, 6.07) is 24.8. The van der Waals surface area contributed by atoms with E-state index in [4.69, 9.17) is 4.84 Å². The van der Waals surface area contributed by atoms with Crippen LogP contribution < -0.4 is 9.96 Å². The molecule has 2 fully saturated rings. The van der Waals surface area contributed by atoms with Gasteiger partial charge in [-0.25, -0.2) is 9.96 Å². The third-order valence-electron chi connectivity index (χ3n) is 5.93. The molecule has 0 radical (unpaired) electrons.